The lowest BCUT2D eigenvalue weighted by Gasteiger charge is -2.12. The van der Waals surface area contributed by atoms with Crippen LogP contribution in [0, 0.1) is 6.92 Å². The highest BCUT2D eigenvalue weighted by molar-refractivity contribution is 6.32. The van der Waals surface area contributed by atoms with Crippen molar-refractivity contribution in [2.45, 2.75) is 26.8 Å². The fourth-order valence-corrected chi connectivity index (χ4v) is 3.65. The molecule has 0 amide bonds. The molecule has 0 saturated carbocycles. The molecule has 0 aliphatic rings. The molecule has 0 saturated heterocycles. The van der Waals surface area contributed by atoms with E-state index < -0.39 is 17.3 Å². The molecule has 28 heavy (non-hydrogen) atoms. The minimum Gasteiger partial charge on any atom is -0.298 e. The van der Waals surface area contributed by atoms with Gasteiger partial charge in [0.15, 0.2) is 16.9 Å². The highest BCUT2D eigenvalue weighted by atomic mass is 35.5. The van der Waals surface area contributed by atoms with Gasteiger partial charge in [0.1, 0.15) is 0 Å². The lowest BCUT2D eigenvalue weighted by atomic mass is 10.2. The predicted molar refractivity (Wildman–Crippen MR) is 107 cm³/mol. The molecule has 9 heteroatoms. The molecule has 3 heterocycles. The van der Waals surface area contributed by atoms with E-state index in [4.69, 9.17) is 11.6 Å². The third-order valence-corrected chi connectivity index (χ3v) is 5.36. The van der Waals surface area contributed by atoms with Crippen LogP contribution in [0.3, 0.4) is 0 Å². The number of halogens is 1. The number of para-hydroxylation sites is 1. The highest BCUT2D eigenvalue weighted by Crippen LogP contribution is 2.26. The summed E-state index contributed by atoms with van der Waals surface area (Å²) >= 11 is 6.36. The minimum absolute atomic E-state index is 0.235. The van der Waals surface area contributed by atoms with Gasteiger partial charge in [-0.1, -0.05) is 23.7 Å². The van der Waals surface area contributed by atoms with Gasteiger partial charge in [-0.3, -0.25) is 23.1 Å². The number of nitrogens with zero attached hydrogens (tertiary/aromatic N) is 5. The van der Waals surface area contributed by atoms with Crippen LogP contribution in [0.4, 0.5) is 0 Å². The number of aryl methyl sites for hydroxylation is 2. The second kappa shape index (κ2) is 6.20. The monoisotopic (exact) mass is 399 g/mol. The van der Waals surface area contributed by atoms with Crippen LogP contribution in [0.25, 0.3) is 22.6 Å². The fraction of sp³-hybridized carbons (Fsp3) is 0.263. The Morgan fingerprint density at radius 1 is 1.21 bits per heavy atom. The van der Waals surface area contributed by atoms with Gasteiger partial charge in [0.05, 0.1) is 16.8 Å². The Morgan fingerprint density at radius 2 is 1.89 bits per heavy atom. The smallest absolute Gasteiger partial charge is 0.298 e. The molecule has 0 N–H and O–H groups in total. The lowest BCUT2D eigenvalue weighted by molar-refractivity contribution is -0.119. The number of aromatic nitrogens is 5. The van der Waals surface area contributed by atoms with Crippen LogP contribution in [-0.4, -0.2) is 28.9 Å². The van der Waals surface area contributed by atoms with Gasteiger partial charge in [0.25, 0.3) is 5.56 Å². The number of rotatable bonds is 3. The van der Waals surface area contributed by atoms with Crippen LogP contribution in [0.15, 0.2) is 40.1 Å². The van der Waals surface area contributed by atoms with Crippen molar-refractivity contribution in [2.75, 3.05) is 0 Å². The van der Waals surface area contributed by atoms with Crippen LogP contribution in [0.5, 0.6) is 0 Å². The summed E-state index contributed by atoms with van der Waals surface area (Å²) in [6.07, 6.45) is 1.77. The lowest BCUT2D eigenvalue weighted by Crippen LogP contribution is -2.42. The Bertz CT molecular complexity index is 1390. The zero-order valence-corrected chi connectivity index (χ0v) is 16.6. The maximum atomic E-state index is 13.1. The van der Waals surface area contributed by atoms with Crippen LogP contribution in [-0.2, 0) is 11.8 Å². The molecule has 0 aliphatic carbocycles. The van der Waals surface area contributed by atoms with Gasteiger partial charge in [-0.15, -0.1) is 0 Å². The Balaban J connectivity index is 2.18. The number of carbonyl (C=O) groups is 1. The largest absolute Gasteiger partial charge is 0.333 e. The summed E-state index contributed by atoms with van der Waals surface area (Å²) in [5.41, 5.74) is 0.884. The summed E-state index contributed by atoms with van der Waals surface area (Å²) in [4.78, 5) is 42.2. The Hall–Kier alpha value is -3.13. The quantitative estimate of drug-likeness (QED) is 0.529. The van der Waals surface area contributed by atoms with Gasteiger partial charge in [0, 0.05) is 18.9 Å². The zero-order chi connectivity index (χ0) is 20.3. The average Bonchev–Trinajstić information content (AvgIpc) is 3.15. The number of benzene rings is 1. The normalized spacial score (nSPS) is 12.8. The molecule has 8 nitrogen and oxygen atoms in total. The molecule has 0 bridgehead atoms. The molecule has 144 valence electrons. The minimum atomic E-state index is -0.868. The van der Waals surface area contributed by atoms with E-state index in [0.717, 1.165) is 15.9 Å². The van der Waals surface area contributed by atoms with Crippen molar-refractivity contribution < 1.29 is 4.79 Å². The molecule has 0 radical (unpaired) electrons. The van der Waals surface area contributed by atoms with E-state index in [-0.39, 0.29) is 16.9 Å². The number of hydrogen-bond acceptors (Lipinski definition) is 4. The van der Waals surface area contributed by atoms with E-state index in [1.165, 1.54) is 25.5 Å². The van der Waals surface area contributed by atoms with Gasteiger partial charge in [-0.05, 0) is 32.9 Å². The summed E-state index contributed by atoms with van der Waals surface area (Å²) in [6.45, 7) is 4.77. The number of fused-ring (bicyclic) bond motifs is 3. The van der Waals surface area contributed by atoms with Crippen molar-refractivity contribution >= 4 is 34.3 Å². The highest BCUT2D eigenvalue weighted by Gasteiger charge is 2.24. The standard InChI is InChI=1S/C19H18ClN5O3/c1-10-9-23-15-16(21-18(23)24(10)14-8-6-5-7-13(14)20)22(4)19(28)25(17(15)27)11(2)12(3)26/h5-9,11H,1-4H3/t11-/m1/s1. The van der Waals surface area contributed by atoms with Crippen molar-refractivity contribution in [2.24, 2.45) is 7.05 Å². The van der Waals surface area contributed by atoms with E-state index in [1.54, 1.807) is 16.7 Å². The molecule has 0 aliphatic heterocycles. The summed E-state index contributed by atoms with van der Waals surface area (Å²) < 4.78 is 5.72. The molecular weight excluding hydrogens is 382 g/mol. The maximum absolute atomic E-state index is 13.1. The summed E-state index contributed by atoms with van der Waals surface area (Å²) in [5, 5.41) is 0.534. The number of imidazole rings is 2. The van der Waals surface area contributed by atoms with Gasteiger partial charge >= 0.3 is 5.69 Å². The Labute approximate surface area is 164 Å². The molecule has 1 aromatic carbocycles. The maximum Gasteiger partial charge on any atom is 0.333 e. The van der Waals surface area contributed by atoms with Crippen LogP contribution >= 0.6 is 11.6 Å². The molecule has 4 aromatic rings. The first-order valence-electron chi connectivity index (χ1n) is 8.71. The fourth-order valence-electron chi connectivity index (χ4n) is 3.43. The SMILES string of the molecule is CC(=O)[C@@H](C)n1c(=O)c2c(nc3n(-c4ccccc4Cl)c(C)cn23)n(C)c1=O. The third kappa shape index (κ3) is 2.37. The third-order valence-electron chi connectivity index (χ3n) is 5.04. The van der Waals surface area contributed by atoms with Gasteiger partial charge < -0.3 is 0 Å². The number of ketones is 1. The molecule has 0 unspecified atom stereocenters. The molecule has 3 aromatic heterocycles. The van der Waals surface area contributed by atoms with Gasteiger partial charge in [-0.2, -0.15) is 4.98 Å². The van der Waals surface area contributed by atoms with E-state index in [1.807, 2.05) is 29.7 Å². The van der Waals surface area contributed by atoms with Crippen molar-refractivity contribution in [3.05, 3.63) is 62.0 Å². The molecule has 1 atom stereocenters. The first-order valence-corrected chi connectivity index (χ1v) is 9.08. The van der Waals surface area contributed by atoms with Crippen molar-refractivity contribution in [3.63, 3.8) is 0 Å². The van der Waals surface area contributed by atoms with Gasteiger partial charge in [0.2, 0.25) is 5.78 Å². The topological polar surface area (TPSA) is 83.3 Å². The molecule has 0 spiro atoms. The zero-order valence-electron chi connectivity index (χ0n) is 15.8. The van der Waals surface area contributed by atoms with Crippen molar-refractivity contribution in [1.29, 1.82) is 0 Å². The molecule has 0 fully saturated rings. The summed E-state index contributed by atoms with van der Waals surface area (Å²) in [7, 11) is 1.53. The second-order valence-corrected chi connectivity index (χ2v) is 7.22. The van der Waals surface area contributed by atoms with E-state index in [0.29, 0.717) is 10.8 Å². The first kappa shape index (κ1) is 18.2. The molecular formula is C19H18ClN5O3. The van der Waals surface area contributed by atoms with Crippen LogP contribution in [0.1, 0.15) is 25.6 Å². The average molecular weight is 400 g/mol. The number of hydrogen-bond donors (Lipinski definition) is 0. The van der Waals surface area contributed by atoms with Crippen LogP contribution in [0.2, 0.25) is 5.02 Å². The number of Topliss-reactive ketones (excluding diaryl/α,β-unsaturated/α-hetero) is 1. The molecule has 4 rings (SSSR count). The second-order valence-electron chi connectivity index (χ2n) is 6.81. The predicted octanol–water partition coefficient (Wildman–Crippen LogP) is 2.25. The van der Waals surface area contributed by atoms with Crippen molar-refractivity contribution in [3.8, 4) is 5.69 Å². The first-order chi connectivity index (χ1) is 13.2. The van der Waals surface area contributed by atoms with Gasteiger partial charge in [-0.25, -0.2) is 9.36 Å². The van der Waals surface area contributed by atoms with Crippen LogP contribution < -0.4 is 11.2 Å². The Kier molecular flexibility index (Phi) is 4.04. The summed E-state index contributed by atoms with van der Waals surface area (Å²) in [5.74, 6) is 0.185. The summed E-state index contributed by atoms with van der Waals surface area (Å²) in [6, 6.07) is 6.44. The van der Waals surface area contributed by atoms with E-state index in [2.05, 4.69) is 4.98 Å². The van der Waals surface area contributed by atoms with Crippen molar-refractivity contribution in [1.82, 2.24) is 23.1 Å². The van der Waals surface area contributed by atoms with E-state index >= 15 is 0 Å². The number of carbonyl (C=O) groups excluding carboxylic acids is 1. The van der Waals surface area contributed by atoms with E-state index in [9.17, 15) is 14.4 Å². The Morgan fingerprint density at radius 3 is 2.54 bits per heavy atom.